The van der Waals surface area contributed by atoms with Crippen LogP contribution in [0, 0.1) is 0 Å². The van der Waals surface area contributed by atoms with Gasteiger partial charge in [0.2, 0.25) is 10.4 Å². The van der Waals surface area contributed by atoms with E-state index < -0.39 is 10.4 Å². The third kappa shape index (κ3) is 31.2. The minimum Gasteiger partial charge on any atom is -0.726 e. The molecule has 0 aliphatic carbocycles. The Morgan fingerprint density at radius 3 is 1.25 bits per heavy atom. The zero-order valence-electron chi connectivity index (χ0n) is 35.1. The summed E-state index contributed by atoms with van der Waals surface area (Å²) < 4.78 is 33.2. The Hall–Kier alpha value is -1.19. The summed E-state index contributed by atoms with van der Waals surface area (Å²) in [5.41, 5.74) is 3.30. The summed E-state index contributed by atoms with van der Waals surface area (Å²) in [5, 5.41) is 3.66. The Labute approximate surface area is 323 Å². The van der Waals surface area contributed by atoms with Gasteiger partial charge in [0, 0.05) is 6.42 Å². The summed E-state index contributed by atoms with van der Waals surface area (Å²) in [6.45, 7) is 10.0. The molecule has 1 aliphatic rings. The van der Waals surface area contributed by atoms with E-state index in [0.29, 0.717) is 6.42 Å². The minimum atomic E-state index is -4.41. The van der Waals surface area contributed by atoms with Gasteiger partial charge in [-0.2, -0.15) is 10.1 Å². The molecular weight excluding hydrogens is 671 g/mol. The highest BCUT2D eigenvalue weighted by Gasteiger charge is 2.42. The molecule has 0 aromatic heterocycles. The Morgan fingerprint density at radius 2 is 0.942 bits per heavy atom. The molecule has 0 radical (unpaired) electrons. The summed E-state index contributed by atoms with van der Waals surface area (Å²) >= 11 is 0. The first-order valence-electron chi connectivity index (χ1n) is 22.3. The largest absolute Gasteiger partial charge is 0.726 e. The summed E-state index contributed by atoms with van der Waals surface area (Å²) in [6, 6.07) is 0. The van der Waals surface area contributed by atoms with Crippen LogP contribution >= 0.6 is 0 Å². The van der Waals surface area contributed by atoms with Crippen LogP contribution in [-0.2, 0) is 19.4 Å². The first-order valence-corrected chi connectivity index (χ1v) is 23.7. The van der Waals surface area contributed by atoms with Crippen LogP contribution in [0.1, 0.15) is 246 Å². The van der Waals surface area contributed by atoms with E-state index >= 15 is 0 Å². The monoisotopic (exact) mass is 758 g/mol. The van der Waals surface area contributed by atoms with Crippen molar-refractivity contribution in [2.45, 2.75) is 252 Å². The van der Waals surface area contributed by atoms with Crippen LogP contribution in [0.2, 0.25) is 0 Å². The zero-order valence-corrected chi connectivity index (χ0v) is 36.0. The third-order valence-corrected chi connectivity index (χ3v) is 11.4. The third-order valence-electron chi connectivity index (χ3n) is 11.0. The van der Waals surface area contributed by atoms with Crippen molar-refractivity contribution in [3.8, 4) is 0 Å². The predicted octanol–water partition coefficient (Wildman–Crippen LogP) is 12.2. The van der Waals surface area contributed by atoms with Gasteiger partial charge >= 0.3 is 0 Å². The van der Waals surface area contributed by atoms with E-state index in [2.05, 4.69) is 47.3 Å². The van der Waals surface area contributed by atoms with Crippen LogP contribution in [-0.4, -0.2) is 48.6 Å². The van der Waals surface area contributed by atoms with E-state index in [1.54, 1.807) is 0 Å². The molecule has 0 bridgehead atoms. The molecule has 1 heterocycles. The minimum absolute atomic E-state index is 0.0188. The molecule has 1 aliphatic heterocycles. The molecule has 310 valence electrons. The van der Waals surface area contributed by atoms with Crippen LogP contribution in [0.3, 0.4) is 0 Å². The molecule has 1 atom stereocenters. The Bertz CT molecular complexity index is 958. The zero-order chi connectivity index (χ0) is 38.6. The van der Waals surface area contributed by atoms with E-state index in [4.69, 9.17) is 0 Å². The van der Waals surface area contributed by atoms with Gasteiger partial charge in [0.25, 0.3) is 11.7 Å². The van der Waals surface area contributed by atoms with Crippen LogP contribution in [0.25, 0.3) is 0 Å². The molecule has 1 rings (SSSR count). The maximum Gasteiger partial charge on any atom is 0.269 e. The summed E-state index contributed by atoms with van der Waals surface area (Å²) in [7, 11) is -3.60. The van der Waals surface area contributed by atoms with Gasteiger partial charge in [0.05, 0.1) is 13.5 Å². The number of amides is 1. The predicted molar refractivity (Wildman–Crippen MR) is 221 cm³/mol. The van der Waals surface area contributed by atoms with Crippen molar-refractivity contribution in [3.63, 3.8) is 0 Å². The van der Waals surface area contributed by atoms with E-state index in [9.17, 15) is 17.8 Å². The molecule has 9 heteroatoms. The molecule has 0 fully saturated rings. The molecule has 2 N–H and O–H groups in total. The van der Waals surface area contributed by atoms with Crippen molar-refractivity contribution in [1.82, 2.24) is 10.7 Å². The number of carbonyl (C=O) groups excluding carboxylic acids is 1. The molecular formula is C43H87N3O5S. The highest BCUT2D eigenvalue weighted by atomic mass is 32.3. The fraction of sp³-hybridized carbons (Fsp3) is 0.953. The van der Waals surface area contributed by atoms with Crippen molar-refractivity contribution in [1.29, 1.82) is 0 Å². The molecule has 1 unspecified atom stereocenters. The standard InChI is InChI=1S/C42H83N3O.CH4O4S/c1-5-8-10-12-14-16-18-20-22-24-25-27-29-31-33-35-37-40-43-39-42(4,7-3)45(40)44-41(46)38-36-34-32-30-28-26-23-21-19-17-15-13-11-9-6-2;1-5-6(2,3)4/h5-39H2,1-4H3,(H,44,46);1H3,(H,2,3,4). The molecule has 0 saturated heterocycles. The van der Waals surface area contributed by atoms with Gasteiger partial charge in [-0.25, -0.2) is 8.42 Å². The Balaban J connectivity index is 0.00000397. The van der Waals surface area contributed by atoms with Gasteiger partial charge < -0.3 is 4.55 Å². The number of unbranched alkanes of at least 4 members (excludes halogenated alkanes) is 29. The van der Waals surface area contributed by atoms with Gasteiger partial charge in [0.1, 0.15) is 6.54 Å². The van der Waals surface area contributed by atoms with E-state index in [1.165, 1.54) is 198 Å². The van der Waals surface area contributed by atoms with Crippen LogP contribution in [0.5, 0.6) is 0 Å². The number of hydrazone groups is 1. The molecule has 0 spiro atoms. The van der Waals surface area contributed by atoms with Crippen molar-refractivity contribution < 1.29 is 26.6 Å². The highest BCUT2D eigenvalue weighted by molar-refractivity contribution is 7.80. The Morgan fingerprint density at radius 1 is 0.635 bits per heavy atom. The lowest BCUT2D eigenvalue weighted by atomic mass is 10.0. The van der Waals surface area contributed by atoms with Gasteiger partial charge in [-0.1, -0.05) is 207 Å². The molecule has 1 amide bonds. The number of nitrogens with one attached hydrogen (secondary N) is 2. The highest BCUT2D eigenvalue weighted by Crippen LogP contribution is 2.20. The average molecular weight is 758 g/mol. The normalized spacial score (nSPS) is 15.8. The second-order valence-corrected chi connectivity index (χ2v) is 17.0. The average Bonchev–Trinajstić information content (AvgIpc) is 3.44. The van der Waals surface area contributed by atoms with Crippen LogP contribution < -0.4 is 10.7 Å². The van der Waals surface area contributed by atoms with E-state index in [1.807, 2.05) is 0 Å². The lowest BCUT2D eigenvalue weighted by Crippen LogP contribution is -2.49. The van der Waals surface area contributed by atoms with Gasteiger partial charge in [-0.05, 0) is 26.2 Å². The first-order chi connectivity index (χ1) is 25.1. The fourth-order valence-corrected chi connectivity index (χ4v) is 7.14. The topological polar surface area (TPSA) is 111 Å². The lowest BCUT2D eigenvalue weighted by Gasteiger charge is -2.22. The fourth-order valence-electron chi connectivity index (χ4n) is 7.14. The smallest absolute Gasteiger partial charge is 0.269 e. The van der Waals surface area contributed by atoms with Crippen molar-refractivity contribution in [2.24, 2.45) is 0 Å². The molecule has 0 saturated carbocycles. The number of hydrogen-bond donors (Lipinski definition) is 2. The number of amidine groups is 1. The first kappa shape index (κ1) is 50.8. The SMILES string of the molecule is CCCCCCCCCCCCCCCCCCC1=[N+](NC(=O)CCCCCCCCCCCCCCCCC)C(C)(CC)CN1.COS(=O)(=O)[O-]. The summed E-state index contributed by atoms with van der Waals surface area (Å²) in [6.07, 6.45) is 45.5. The van der Waals surface area contributed by atoms with Crippen LogP contribution in [0.4, 0.5) is 0 Å². The maximum atomic E-state index is 12.9. The van der Waals surface area contributed by atoms with Crippen molar-refractivity contribution in [3.05, 3.63) is 0 Å². The molecule has 0 aromatic rings. The molecule has 0 aromatic carbocycles. The second kappa shape index (κ2) is 35.5. The van der Waals surface area contributed by atoms with E-state index in [-0.39, 0.29) is 11.4 Å². The van der Waals surface area contributed by atoms with Gasteiger partial charge in [-0.3, -0.25) is 14.3 Å². The maximum absolute atomic E-state index is 12.9. The molecule has 8 nitrogen and oxygen atoms in total. The quantitative estimate of drug-likeness (QED) is 0.0285. The number of nitrogens with zero attached hydrogens (tertiary/aromatic N) is 1. The van der Waals surface area contributed by atoms with Crippen LogP contribution in [0.15, 0.2) is 0 Å². The number of rotatable bonds is 36. The van der Waals surface area contributed by atoms with Gasteiger partial charge in [0.15, 0.2) is 5.54 Å². The molecule has 52 heavy (non-hydrogen) atoms. The Kier molecular flexibility index (Phi) is 34.7. The number of hydrazine groups is 1. The summed E-state index contributed by atoms with van der Waals surface area (Å²) in [5.74, 6) is 1.43. The summed E-state index contributed by atoms with van der Waals surface area (Å²) in [4.78, 5) is 12.9. The van der Waals surface area contributed by atoms with Gasteiger partial charge in [-0.15, -0.1) is 0 Å². The van der Waals surface area contributed by atoms with Crippen molar-refractivity contribution in [2.75, 3.05) is 13.7 Å². The van der Waals surface area contributed by atoms with E-state index in [0.717, 1.165) is 32.9 Å². The van der Waals surface area contributed by atoms with Crippen molar-refractivity contribution >= 4 is 22.1 Å². The number of carbonyl (C=O) groups is 1. The second-order valence-electron chi connectivity index (χ2n) is 15.8. The number of hydrogen-bond acceptors (Lipinski definition) is 6. The lowest BCUT2D eigenvalue weighted by molar-refractivity contribution is -0.636.